The number of aryl methyl sites for hydroxylation is 1. The summed E-state index contributed by atoms with van der Waals surface area (Å²) >= 11 is 0. The maximum absolute atomic E-state index is 13.2. The lowest BCUT2D eigenvalue weighted by molar-refractivity contribution is 0.0728. The number of anilines is 1. The van der Waals surface area contributed by atoms with E-state index < -0.39 is 0 Å². The Morgan fingerprint density at radius 3 is 2.92 bits per heavy atom. The number of hydrogen-bond acceptors (Lipinski definition) is 3. The van der Waals surface area contributed by atoms with Gasteiger partial charge in [-0.05, 0) is 56.2 Å². The Balaban J connectivity index is 1.62. The number of aromatic nitrogens is 2. The van der Waals surface area contributed by atoms with Crippen molar-refractivity contribution in [2.75, 3.05) is 25.5 Å². The van der Waals surface area contributed by atoms with Crippen molar-refractivity contribution in [1.82, 2.24) is 15.1 Å². The van der Waals surface area contributed by atoms with Gasteiger partial charge in [-0.1, -0.05) is 12.1 Å². The molecule has 1 atom stereocenters. The second kappa shape index (κ2) is 6.54. The number of nitrogens with one attached hydrogen (secondary N) is 1. The number of aromatic amines is 1. The number of amides is 1. The van der Waals surface area contributed by atoms with Crippen LogP contribution in [0.15, 0.2) is 24.3 Å². The van der Waals surface area contributed by atoms with Crippen LogP contribution < -0.4 is 4.90 Å². The molecule has 25 heavy (non-hydrogen) atoms. The summed E-state index contributed by atoms with van der Waals surface area (Å²) in [6.07, 6.45) is 6.41. The minimum atomic E-state index is 0.0946. The monoisotopic (exact) mass is 338 g/mol. The summed E-state index contributed by atoms with van der Waals surface area (Å²) in [5, 5.41) is 7.50. The Morgan fingerprint density at radius 1 is 1.24 bits per heavy atom. The van der Waals surface area contributed by atoms with Gasteiger partial charge >= 0.3 is 0 Å². The molecule has 1 N–H and O–H groups in total. The van der Waals surface area contributed by atoms with Crippen LogP contribution in [0.1, 0.15) is 59.0 Å². The molecule has 132 valence electrons. The van der Waals surface area contributed by atoms with Gasteiger partial charge in [0.05, 0.1) is 6.04 Å². The van der Waals surface area contributed by atoms with Crippen LogP contribution in [0.3, 0.4) is 0 Å². The molecule has 1 amide bonds. The summed E-state index contributed by atoms with van der Waals surface area (Å²) < 4.78 is 0. The minimum Gasteiger partial charge on any atom is -0.378 e. The molecule has 1 unspecified atom stereocenters. The number of rotatable bonds is 3. The number of likely N-dealkylation sites (tertiary alicyclic amines) is 1. The van der Waals surface area contributed by atoms with Gasteiger partial charge in [0.25, 0.3) is 5.91 Å². The molecule has 4 rings (SSSR count). The van der Waals surface area contributed by atoms with Crippen LogP contribution in [0.5, 0.6) is 0 Å². The molecule has 0 saturated carbocycles. The Morgan fingerprint density at radius 2 is 2.08 bits per heavy atom. The van der Waals surface area contributed by atoms with Crippen LogP contribution in [0, 0.1) is 0 Å². The third-order valence-corrected chi connectivity index (χ3v) is 5.54. The zero-order valence-electron chi connectivity index (χ0n) is 15.1. The van der Waals surface area contributed by atoms with Gasteiger partial charge in [0, 0.05) is 37.6 Å². The summed E-state index contributed by atoms with van der Waals surface area (Å²) in [5.41, 5.74) is 5.38. The predicted octanol–water partition coefficient (Wildman–Crippen LogP) is 3.33. The van der Waals surface area contributed by atoms with Crippen molar-refractivity contribution >= 4 is 11.6 Å². The van der Waals surface area contributed by atoms with Crippen LogP contribution in [0.25, 0.3) is 0 Å². The van der Waals surface area contributed by atoms with Gasteiger partial charge in [0.2, 0.25) is 0 Å². The largest absolute Gasteiger partial charge is 0.378 e. The number of nitrogens with zero attached hydrogens (tertiary/aromatic N) is 3. The van der Waals surface area contributed by atoms with E-state index in [-0.39, 0.29) is 11.9 Å². The minimum absolute atomic E-state index is 0.0946. The van der Waals surface area contributed by atoms with E-state index in [0.29, 0.717) is 5.69 Å². The average Bonchev–Trinajstić information content (AvgIpc) is 3.28. The van der Waals surface area contributed by atoms with Crippen LogP contribution in [-0.4, -0.2) is 41.6 Å². The normalized spacial score (nSPS) is 19.8. The standard InChI is InChI=1S/C20H26N4O/c1-23(2)15-8-5-7-14(13-15)18-11-6-12-24(18)20(25)19-16-9-3-4-10-17(16)21-22-19/h5,7-8,13,18H,3-4,6,9-12H2,1-2H3,(H,21,22). The lowest BCUT2D eigenvalue weighted by Crippen LogP contribution is -2.31. The van der Waals surface area contributed by atoms with Crippen molar-refractivity contribution in [3.05, 3.63) is 46.8 Å². The Kier molecular flexibility index (Phi) is 4.24. The van der Waals surface area contributed by atoms with Gasteiger partial charge in [-0.25, -0.2) is 0 Å². The van der Waals surface area contributed by atoms with Crippen LogP contribution in [0.2, 0.25) is 0 Å². The van der Waals surface area contributed by atoms with E-state index in [2.05, 4.69) is 39.4 Å². The second-order valence-electron chi connectivity index (χ2n) is 7.38. The number of fused-ring (bicyclic) bond motifs is 1. The van der Waals surface area contributed by atoms with E-state index in [9.17, 15) is 4.79 Å². The molecule has 0 radical (unpaired) electrons. The molecule has 5 nitrogen and oxygen atoms in total. The zero-order chi connectivity index (χ0) is 17.4. The molecule has 5 heteroatoms. The van der Waals surface area contributed by atoms with Gasteiger partial charge in [-0.15, -0.1) is 0 Å². The number of benzene rings is 1. The third-order valence-electron chi connectivity index (χ3n) is 5.54. The van der Waals surface area contributed by atoms with E-state index >= 15 is 0 Å². The fourth-order valence-electron chi connectivity index (χ4n) is 4.16. The Labute approximate surface area is 149 Å². The molecule has 1 fully saturated rings. The quantitative estimate of drug-likeness (QED) is 0.934. The Hall–Kier alpha value is -2.30. The van der Waals surface area contributed by atoms with Gasteiger partial charge in [0.1, 0.15) is 0 Å². The van der Waals surface area contributed by atoms with Crippen LogP contribution >= 0.6 is 0 Å². The molecule has 1 aromatic carbocycles. The molecular formula is C20H26N4O. The first-order chi connectivity index (χ1) is 12.1. The molecule has 0 spiro atoms. The zero-order valence-corrected chi connectivity index (χ0v) is 15.1. The first-order valence-corrected chi connectivity index (χ1v) is 9.29. The van der Waals surface area contributed by atoms with Gasteiger partial charge < -0.3 is 9.80 Å². The number of carbonyl (C=O) groups is 1. The van der Waals surface area contributed by atoms with E-state index in [0.717, 1.165) is 44.2 Å². The van der Waals surface area contributed by atoms with Crippen molar-refractivity contribution in [3.8, 4) is 0 Å². The molecule has 1 aliphatic carbocycles. The molecule has 1 aliphatic heterocycles. The number of hydrogen-bond donors (Lipinski definition) is 1. The van der Waals surface area contributed by atoms with Gasteiger partial charge in [-0.2, -0.15) is 5.10 Å². The Bertz CT molecular complexity index is 780. The maximum atomic E-state index is 13.2. The number of carbonyl (C=O) groups excluding carboxylic acids is 1. The number of H-pyrrole nitrogens is 1. The van der Waals surface area contributed by atoms with E-state index in [1.54, 1.807) is 0 Å². The van der Waals surface area contributed by atoms with Crippen molar-refractivity contribution in [2.24, 2.45) is 0 Å². The van der Waals surface area contributed by atoms with Crippen molar-refractivity contribution in [3.63, 3.8) is 0 Å². The highest BCUT2D eigenvalue weighted by Gasteiger charge is 2.34. The molecule has 1 saturated heterocycles. The maximum Gasteiger partial charge on any atom is 0.275 e. The molecule has 0 bridgehead atoms. The fourth-order valence-corrected chi connectivity index (χ4v) is 4.16. The SMILES string of the molecule is CN(C)c1cccc(C2CCCN2C(=O)c2n[nH]c3c2CCCC3)c1. The highest BCUT2D eigenvalue weighted by molar-refractivity contribution is 5.94. The first-order valence-electron chi connectivity index (χ1n) is 9.29. The highest BCUT2D eigenvalue weighted by Crippen LogP contribution is 2.35. The third kappa shape index (κ3) is 2.92. The topological polar surface area (TPSA) is 52.2 Å². The highest BCUT2D eigenvalue weighted by atomic mass is 16.2. The van der Waals surface area contributed by atoms with Crippen molar-refractivity contribution in [2.45, 2.75) is 44.6 Å². The molecular weight excluding hydrogens is 312 g/mol. The lowest BCUT2D eigenvalue weighted by atomic mass is 9.95. The smallest absolute Gasteiger partial charge is 0.275 e. The molecule has 2 heterocycles. The summed E-state index contributed by atoms with van der Waals surface area (Å²) in [5.74, 6) is 0.0946. The summed E-state index contributed by atoms with van der Waals surface area (Å²) in [6.45, 7) is 0.817. The van der Waals surface area contributed by atoms with Crippen molar-refractivity contribution < 1.29 is 4.79 Å². The van der Waals surface area contributed by atoms with E-state index in [1.807, 2.05) is 19.0 Å². The first kappa shape index (κ1) is 16.2. The summed E-state index contributed by atoms with van der Waals surface area (Å²) in [7, 11) is 4.10. The lowest BCUT2D eigenvalue weighted by Gasteiger charge is -2.26. The molecule has 2 aromatic rings. The van der Waals surface area contributed by atoms with Crippen molar-refractivity contribution in [1.29, 1.82) is 0 Å². The molecule has 2 aliphatic rings. The van der Waals surface area contributed by atoms with E-state index in [4.69, 9.17) is 0 Å². The van der Waals surface area contributed by atoms with Crippen LogP contribution in [-0.2, 0) is 12.8 Å². The predicted molar refractivity (Wildman–Crippen MR) is 99.0 cm³/mol. The fraction of sp³-hybridized carbons (Fsp3) is 0.500. The van der Waals surface area contributed by atoms with Gasteiger partial charge in [-0.3, -0.25) is 9.89 Å². The van der Waals surface area contributed by atoms with E-state index in [1.165, 1.54) is 23.4 Å². The second-order valence-corrected chi connectivity index (χ2v) is 7.38. The summed E-state index contributed by atoms with van der Waals surface area (Å²) in [4.78, 5) is 17.3. The van der Waals surface area contributed by atoms with Crippen LogP contribution in [0.4, 0.5) is 5.69 Å². The molecule has 1 aromatic heterocycles. The van der Waals surface area contributed by atoms with Gasteiger partial charge in [0.15, 0.2) is 5.69 Å². The summed E-state index contributed by atoms with van der Waals surface area (Å²) in [6, 6.07) is 8.69. The average molecular weight is 338 g/mol.